The van der Waals surface area contributed by atoms with Crippen LogP contribution in [0.3, 0.4) is 0 Å². The van der Waals surface area contributed by atoms with E-state index in [2.05, 4.69) is 9.97 Å². The zero-order valence-electron chi connectivity index (χ0n) is 11.2. The Balaban J connectivity index is 2.46. The molecule has 2 aromatic rings. The Bertz CT molecular complexity index is 759. The quantitative estimate of drug-likeness (QED) is 0.927. The van der Waals surface area contributed by atoms with E-state index in [4.69, 9.17) is 5.26 Å². The van der Waals surface area contributed by atoms with E-state index >= 15 is 0 Å². The number of rotatable bonds is 4. The fourth-order valence-corrected chi connectivity index (χ4v) is 2.92. The summed E-state index contributed by atoms with van der Waals surface area (Å²) in [5, 5.41) is 9.07. The van der Waals surface area contributed by atoms with Crippen LogP contribution in [0.4, 0.5) is 5.69 Å². The maximum absolute atomic E-state index is 12.5. The zero-order chi connectivity index (χ0) is 14.8. The minimum atomic E-state index is -3.75. The van der Waals surface area contributed by atoms with Gasteiger partial charge in [-0.2, -0.15) is 13.7 Å². The largest absolute Gasteiger partial charge is 0.332 e. The van der Waals surface area contributed by atoms with Gasteiger partial charge in [-0.3, -0.25) is 4.31 Å². The number of aromatic nitrogens is 2. The Morgan fingerprint density at radius 2 is 2.10 bits per heavy atom. The van der Waals surface area contributed by atoms with E-state index in [0.29, 0.717) is 23.5 Å². The Hall–Kier alpha value is -2.33. The summed E-state index contributed by atoms with van der Waals surface area (Å²) in [6, 6.07) is 8.53. The lowest BCUT2D eigenvalue weighted by molar-refractivity contribution is 0.591. The number of H-pyrrole nitrogens is 1. The predicted molar refractivity (Wildman–Crippen MR) is 74.7 cm³/mol. The molecule has 104 valence electrons. The van der Waals surface area contributed by atoms with Gasteiger partial charge in [0, 0.05) is 13.5 Å². The summed E-state index contributed by atoms with van der Waals surface area (Å²) in [7, 11) is -2.34. The van der Waals surface area contributed by atoms with E-state index in [1.165, 1.54) is 13.2 Å². The molecule has 1 aromatic carbocycles. The van der Waals surface area contributed by atoms with Crippen LogP contribution in [0.15, 0.2) is 35.5 Å². The SMILES string of the molecule is CCc1ncc(S(=O)(=O)N(C)c2ccccc2C#N)[nH]1. The smallest absolute Gasteiger partial charge is 0.281 e. The normalized spacial score (nSPS) is 11.1. The molecule has 0 atom stereocenters. The molecule has 1 heterocycles. The highest BCUT2D eigenvalue weighted by molar-refractivity contribution is 7.92. The van der Waals surface area contributed by atoms with Gasteiger partial charge in [0.2, 0.25) is 0 Å². The first-order valence-corrected chi connectivity index (χ1v) is 7.46. The second-order valence-electron chi connectivity index (χ2n) is 4.15. The molecular weight excluding hydrogens is 276 g/mol. The van der Waals surface area contributed by atoms with Gasteiger partial charge < -0.3 is 4.98 Å². The number of aryl methyl sites for hydroxylation is 1. The van der Waals surface area contributed by atoms with Crippen LogP contribution in [0, 0.1) is 11.3 Å². The third kappa shape index (κ3) is 2.38. The maximum atomic E-state index is 12.5. The second kappa shape index (κ2) is 5.35. The summed E-state index contributed by atoms with van der Waals surface area (Å²) >= 11 is 0. The molecule has 0 spiro atoms. The molecular formula is C13H14N4O2S. The van der Waals surface area contributed by atoms with E-state index in [9.17, 15) is 8.42 Å². The van der Waals surface area contributed by atoms with Crippen LogP contribution in [0.25, 0.3) is 0 Å². The summed E-state index contributed by atoms with van der Waals surface area (Å²) < 4.78 is 26.0. The summed E-state index contributed by atoms with van der Waals surface area (Å²) in [5.41, 5.74) is 0.636. The number of hydrogen-bond acceptors (Lipinski definition) is 4. The lowest BCUT2D eigenvalue weighted by Gasteiger charge is -2.19. The van der Waals surface area contributed by atoms with Crippen LogP contribution >= 0.6 is 0 Å². The van der Waals surface area contributed by atoms with Crippen molar-refractivity contribution in [1.82, 2.24) is 9.97 Å². The van der Waals surface area contributed by atoms with Gasteiger partial charge in [0.25, 0.3) is 10.0 Å². The molecule has 0 radical (unpaired) electrons. The van der Waals surface area contributed by atoms with Crippen molar-refractivity contribution in [2.45, 2.75) is 18.4 Å². The second-order valence-corrected chi connectivity index (χ2v) is 6.09. The molecule has 20 heavy (non-hydrogen) atoms. The number of nitrogens with zero attached hydrogens (tertiary/aromatic N) is 3. The number of nitriles is 1. The third-order valence-corrected chi connectivity index (χ3v) is 4.62. The van der Waals surface area contributed by atoms with E-state index in [-0.39, 0.29) is 5.03 Å². The first kappa shape index (κ1) is 14.1. The molecule has 0 aliphatic carbocycles. The monoisotopic (exact) mass is 290 g/mol. The van der Waals surface area contributed by atoms with Crippen molar-refractivity contribution >= 4 is 15.7 Å². The molecule has 0 amide bonds. The first-order valence-electron chi connectivity index (χ1n) is 6.02. The lowest BCUT2D eigenvalue weighted by atomic mass is 10.2. The Labute approximate surface area is 117 Å². The summed E-state index contributed by atoms with van der Waals surface area (Å²) in [5.74, 6) is 0.602. The van der Waals surface area contributed by atoms with Gasteiger partial charge in [0.05, 0.1) is 17.4 Å². The fourth-order valence-electron chi connectivity index (χ4n) is 1.77. The molecule has 1 N–H and O–H groups in total. The van der Waals surface area contributed by atoms with Crippen LogP contribution in [0.2, 0.25) is 0 Å². The highest BCUT2D eigenvalue weighted by Gasteiger charge is 2.25. The van der Waals surface area contributed by atoms with Crippen molar-refractivity contribution in [3.05, 3.63) is 41.9 Å². The third-order valence-electron chi connectivity index (χ3n) is 2.94. The number of sulfonamides is 1. The van der Waals surface area contributed by atoms with Crippen molar-refractivity contribution in [3.8, 4) is 6.07 Å². The molecule has 0 saturated heterocycles. The lowest BCUT2D eigenvalue weighted by Crippen LogP contribution is -2.27. The Morgan fingerprint density at radius 3 is 2.70 bits per heavy atom. The summed E-state index contributed by atoms with van der Waals surface area (Å²) in [4.78, 5) is 6.76. The molecule has 0 aliphatic rings. The van der Waals surface area contributed by atoms with Gasteiger partial charge in [0.15, 0.2) is 5.03 Å². The fraction of sp³-hybridized carbons (Fsp3) is 0.231. The number of anilines is 1. The average molecular weight is 290 g/mol. The van der Waals surface area contributed by atoms with Crippen LogP contribution in [0.5, 0.6) is 0 Å². The van der Waals surface area contributed by atoms with Crippen LogP contribution in [0.1, 0.15) is 18.3 Å². The molecule has 0 aliphatic heterocycles. The molecule has 6 nitrogen and oxygen atoms in total. The number of aromatic amines is 1. The molecule has 7 heteroatoms. The van der Waals surface area contributed by atoms with E-state index in [1.807, 2.05) is 13.0 Å². The Kier molecular flexibility index (Phi) is 3.77. The summed E-state index contributed by atoms with van der Waals surface area (Å²) in [6.45, 7) is 1.88. The molecule has 0 fully saturated rings. The van der Waals surface area contributed by atoms with Crippen LogP contribution in [-0.2, 0) is 16.4 Å². The van der Waals surface area contributed by atoms with E-state index < -0.39 is 10.0 Å². The van der Waals surface area contributed by atoms with Crippen LogP contribution in [-0.4, -0.2) is 25.4 Å². The predicted octanol–water partition coefficient (Wildman–Crippen LogP) is 1.67. The standard InChI is InChI=1S/C13H14N4O2S/c1-3-12-15-9-13(16-12)20(18,19)17(2)11-7-5-4-6-10(11)8-14/h4-7,9H,3H2,1-2H3,(H,15,16). The molecule has 1 aromatic heterocycles. The van der Waals surface area contributed by atoms with Gasteiger partial charge in [-0.15, -0.1) is 0 Å². The summed E-state index contributed by atoms with van der Waals surface area (Å²) in [6.07, 6.45) is 1.91. The van der Waals surface area contributed by atoms with Gasteiger partial charge in [-0.1, -0.05) is 19.1 Å². The number of hydrogen-bond donors (Lipinski definition) is 1. The molecule has 0 unspecified atom stereocenters. The van der Waals surface area contributed by atoms with Crippen LogP contribution < -0.4 is 4.31 Å². The van der Waals surface area contributed by atoms with E-state index in [1.54, 1.807) is 24.3 Å². The minimum Gasteiger partial charge on any atom is -0.332 e. The van der Waals surface area contributed by atoms with E-state index in [0.717, 1.165) is 4.31 Å². The number of benzene rings is 1. The highest BCUT2D eigenvalue weighted by atomic mass is 32.2. The zero-order valence-corrected chi connectivity index (χ0v) is 12.0. The molecule has 0 saturated carbocycles. The average Bonchev–Trinajstić information content (AvgIpc) is 2.96. The molecule has 0 bridgehead atoms. The number of nitrogens with one attached hydrogen (secondary N) is 1. The first-order chi connectivity index (χ1) is 9.50. The maximum Gasteiger partial charge on any atom is 0.281 e. The topological polar surface area (TPSA) is 89.8 Å². The highest BCUT2D eigenvalue weighted by Crippen LogP contribution is 2.24. The van der Waals surface area contributed by atoms with Gasteiger partial charge >= 0.3 is 0 Å². The van der Waals surface area contributed by atoms with Crippen molar-refractivity contribution in [3.63, 3.8) is 0 Å². The van der Waals surface area contributed by atoms with Crippen molar-refractivity contribution in [2.24, 2.45) is 0 Å². The van der Waals surface area contributed by atoms with Gasteiger partial charge in [0.1, 0.15) is 11.9 Å². The number of para-hydroxylation sites is 1. The van der Waals surface area contributed by atoms with Crippen molar-refractivity contribution < 1.29 is 8.42 Å². The van der Waals surface area contributed by atoms with Crippen molar-refractivity contribution in [1.29, 1.82) is 5.26 Å². The Morgan fingerprint density at radius 1 is 1.40 bits per heavy atom. The number of imidazole rings is 1. The van der Waals surface area contributed by atoms with Crippen molar-refractivity contribution in [2.75, 3.05) is 11.4 Å². The van der Waals surface area contributed by atoms with Gasteiger partial charge in [-0.25, -0.2) is 4.98 Å². The molecule has 2 rings (SSSR count). The van der Waals surface area contributed by atoms with Gasteiger partial charge in [-0.05, 0) is 12.1 Å². The minimum absolute atomic E-state index is 0.0181.